The van der Waals surface area contributed by atoms with Crippen LogP contribution in [0.2, 0.25) is 5.02 Å². The Kier molecular flexibility index (Phi) is 6.32. The van der Waals surface area contributed by atoms with Crippen molar-refractivity contribution in [3.8, 4) is 0 Å². The van der Waals surface area contributed by atoms with Gasteiger partial charge in [0.2, 0.25) is 0 Å². The van der Waals surface area contributed by atoms with E-state index in [4.69, 9.17) is 11.6 Å². The minimum absolute atomic E-state index is 0.0854. The molecular weight excluding hydrogens is 338 g/mol. The number of nitrogens with one attached hydrogen (secondary N) is 1. The van der Waals surface area contributed by atoms with Gasteiger partial charge in [-0.3, -0.25) is 9.00 Å². The smallest absolute Gasteiger partial charge is 0.251 e. The number of carbonyl (C=O) groups is 1. The third-order valence-corrected chi connectivity index (χ3v) is 5.17. The fourth-order valence-corrected chi connectivity index (χ4v) is 2.24. The molecule has 1 amide bonds. The molecule has 0 saturated heterocycles. The monoisotopic (exact) mass is 351 g/mol. The van der Waals surface area contributed by atoms with E-state index < -0.39 is 10.8 Å². The second-order valence-corrected chi connectivity index (χ2v) is 7.05. The summed E-state index contributed by atoms with van der Waals surface area (Å²) in [5.74, 6) is -0.151. The van der Waals surface area contributed by atoms with Gasteiger partial charge < -0.3 is 5.32 Å². The number of hydrogen-bond donors (Lipinski definition) is 1. The van der Waals surface area contributed by atoms with Crippen LogP contribution in [0.15, 0.2) is 22.7 Å². The van der Waals surface area contributed by atoms with Crippen molar-refractivity contribution in [3.05, 3.63) is 33.3 Å². The molecule has 18 heavy (non-hydrogen) atoms. The highest BCUT2D eigenvalue weighted by Gasteiger charge is 2.09. The average molecular weight is 353 g/mol. The van der Waals surface area contributed by atoms with Crippen LogP contribution >= 0.6 is 27.5 Å². The molecule has 1 aromatic rings. The van der Waals surface area contributed by atoms with E-state index >= 15 is 0 Å². The predicted molar refractivity (Wildman–Crippen MR) is 79.6 cm³/mol. The molecule has 2 unspecified atom stereocenters. The van der Waals surface area contributed by atoms with Gasteiger partial charge in [0.25, 0.3) is 5.91 Å². The van der Waals surface area contributed by atoms with Gasteiger partial charge in [0, 0.05) is 38.9 Å². The zero-order valence-corrected chi connectivity index (χ0v) is 13.4. The number of benzene rings is 1. The summed E-state index contributed by atoms with van der Waals surface area (Å²) in [5, 5.41) is 3.45. The maximum atomic E-state index is 11.8. The number of amides is 1. The van der Waals surface area contributed by atoms with E-state index in [1.807, 2.05) is 6.92 Å². The van der Waals surface area contributed by atoms with Crippen LogP contribution in [0, 0.1) is 0 Å². The second-order valence-electron chi connectivity index (χ2n) is 3.98. The third kappa shape index (κ3) is 4.71. The van der Waals surface area contributed by atoms with Crippen LogP contribution in [0.3, 0.4) is 0 Å². The van der Waals surface area contributed by atoms with E-state index in [0.29, 0.717) is 28.0 Å². The lowest BCUT2D eigenvalue weighted by Gasteiger charge is -2.09. The molecule has 6 heteroatoms. The van der Waals surface area contributed by atoms with E-state index in [1.165, 1.54) is 0 Å². The standard InChI is InChI=1S/C12H15BrClNO2S/c1-8(18(2)17)5-6-15-12(16)9-3-4-11(14)10(13)7-9/h3-4,7-8H,5-6H2,1-2H3,(H,15,16). The zero-order valence-electron chi connectivity index (χ0n) is 10.2. The second kappa shape index (κ2) is 7.26. The first-order valence-electron chi connectivity index (χ1n) is 5.47. The normalized spacial score (nSPS) is 14.0. The number of halogens is 2. The lowest BCUT2D eigenvalue weighted by molar-refractivity contribution is 0.0953. The first kappa shape index (κ1) is 15.7. The molecule has 1 aromatic carbocycles. The van der Waals surface area contributed by atoms with Crippen molar-refractivity contribution in [1.29, 1.82) is 0 Å². The van der Waals surface area contributed by atoms with E-state index in [1.54, 1.807) is 24.5 Å². The molecule has 0 bridgehead atoms. The van der Waals surface area contributed by atoms with Gasteiger partial charge in [0.15, 0.2) is 0 Å². The van der Waals surface area contributed by atoms with Gasteiger partial charge in [-0.25, -0.2) is 0 Å². The van der Waals surface area contributed by atoms with Crippen molar-refractivity contribution in [2.24, 2.45) is 0 Å². The van der Waals surface area contributed by atoms with E-state index in [2.05, 4.69) is 21.2 Å². The summed E-state index contributed by atoms with van der Waals surface area (Å²) in [7, 11) is -0.853. The van der Waals surface area contributed by atoms with Crippen LogP contribution in [-0.4, -0.2) is 28.2 Å². The SMILES string of the molecule is CC(CCNC(=O)c1ccc(Cl)c(Br)c1)S(C)=O. The van der Waals surface area contributed by atoms with Crippen molar-refractivity contribution in [2.75, 3.05) is 12.8 Å². The molecule has 100 valence electrons. The molecule has 0 radical (unpaired) electrons. The van der Waals surface area contributed by atoms with E-state index in [9.17, 15) is 9.00 Å². The lowest BCUT2D eigenvalue weighted by atomic mass is 10.2. The molecule has 0 spiro atoms. The van der Waals surface area contributed by atoms with E-state index in [0.717, 1.165) is 0 Å². The lowest BCUT2D eigenvalue weighted by Crippen LogP contribution is -2.27. The summed E-state index contributed by atoms with van der Waals surface area (Å²) in [4.78, 5) is 11.8. The minimum Gasteiger partial charge on any atom is -0.352 e. The van der Waals surface area contributed by atoms with Gasteiger partial charge in [0.05, 0.1) is 5.02 Å². The van der Waals surface area contributed by atoms with Gasteiger partial charge in [0.1, 0.15) is 0 Å². The Morgan fingerprint density at radius 2 is 2.22 bits per heavy atom. The Labute approximate surface area is 123 Å². The summed E-state index contributed by atoms with van der Waals surface area (Å²) < 4.78 is 11.8. The summed E-state index contributed by atoms with van der Waals surface area (Å²) in [6, 6.07) is 5.02. The van der Waals surface area contributed by atoms with E-state index in [-0.39, 0.29) is 11.2 Å². The average Bonchev–Trinajstić information content (AvgIpc) is 2.32. The Hall–Kier alpha value is -0.390. The molecule has 0 fully saturated rings. The molecule has 0 aliphatic carbocycles. The van der Waals surface area contributed by atoms with Gasteiger partial charge in [-0.2, -0.15) is 0 Å². The molecule has 0 heterocycles. The maximum absolute atomic E-state index is 11.8. The summed E-state index contributed by atoms with van der Waals surface area (Å²) in [6.07, 6.45) is 2.37. The summed E-state index contributed by atoms with van der Waals surface area (Å²) in [5.41, 5.74) is 0.552. The summed E-state index contributed by atoms with van der Waals surface area (Å²) in [6.45, 7) is 2.42. The molecule has 1 rings (SSSR count). The predicted octanol–water partition coefficient (Wildman–Crippen LogP) is 2.99. The zero-order chi connectivity index (χ0) is 13.7. The summed E-state index contributed by atoms with van der Waals surface area (Å²) >= 11 is 9.13. The Morgan fingerprint density at radius 1 is 1.56 bits per heavy atom. The highest BCUT2D eigenvalue weighted by Crippen LogP contribution is 2.23. The van der Waals surface area contributed by atoms with Crippen LogP contribution in [0.4, 0.5) is 0 Å². The molecule has 0 aliphatic rings. The molecule has 3 nitrogen and oxygen atoms in total. The largest absolute Gasteiger partial charge is 0.352 e. The number of hydrogen-bond acceptors (Lipinski definition) is 2. The number of carbonyl (C=O) groups excluding carboxylic acids is 1. The van der Waals surface area contributed by atoms with Gasteiger partial charge >= 0.3 is 0 Å². The van der Waals surface area contributed by atoms with Crippen LogP contribution in [0.1, 0.15) is 23.7 Å². The Morgan fingerprint density at radius 3 is 2.78 bits per heavy atom. The molecule has 1 N–H and O–H groups in total. The number of rotatable bonds is 5. The Balaban J connectivity index is 2.50. The van der Waals surface area contributed by atoms with Gasteiger partial charge in [-0.05, 0) is 40.5 Å². The van der Waals surface area contributed by atoms with Crippen molar-refractivity contribution in [1.82, 2.24) is 5.32 Å². The minimum atomic E-state index is -0.853. The fraction of sp³-hybridized carbons (Fsp3) is 0.417. The van der Waals surface area contributed by atoms with Crippen LogP contribution in [0.5, 0.6) is 0 Å². The van der Waals surface area contributed by atoms with Crippen LogP contribution in [-0.2, 0) is 10.8 Å². The van der Waals surface area contributed by atoms with Crippen molar-refractivity contribution < 1.29 is 9.00 Å². The van der Waals surface area contributed by atoms with Crippen LogP contribution < -0.4 is 5.32 Å². The van der Waals surface area contributed by atoms with Gasteiger partial charge in [-0.15, -0.1) is 0 Å². The molecule has 0 saturated carbocycles. The van der Waals surface area contributed by atoms with Gasteiger partial charge in [-0.1, -0.05) is 18.5 Å². The highest BCUT2D eigenvalue weighted by molar-refractivity contribution is 9.10. The van der Waals surface area contributed by atoms with Crippen molar-refractivity contribution >= 4 is 44.2 Å². The molecular formula is C12H15BrClNO2S. The first-order chi connectivity index (χ1) is 8.41. The molecule has 0 aromatic heterocycles. The maximum Gasteiger partial charge on any atom is 0.251 e. The van der Waals surface area contributed by atoms with Crippen LogP contribution in [0.25, 0.3) is 0 Å². The Bertz CT molecular complexity index is 467. The highest BCUT2D eigenvalue weighted by atomic mass is 79.9. The van der Waals surface area contributed by atoms with Crippen molar-refractivity contribution in [2.45, 2.75) is 18.6 Å². The molecule has 2 atom stereocenters. The van der Waals surface area contributed by atoms with Crippen molar-refractivity contribution in [3.63, 3.8) is 0 Å². The third-order valence-electron chi connectivity index (χ3n) is 2.58. The first-order valence-corrected chi connectivity index (χ1v) is 8.26. The fourth-order valence-electron chi connectivity index (χ4n) is 1.29. The molecule has 0 aliphatic heterocycles. The topological polar surface area (TPSA) is 46.2 Å². The quantitative estimate of drug-likeness (QED) is 0.885.